The summed E-state index contributed by atoms with van der Waals surface area (Å²) in [4.78, 5) is 0. The van der Waals surface area contributed by atoms with Crippen molar-refractivity contribution in [3.05, 3.63) is 0 Å². The van der Waals surface area contributed by atoms with E-state index in [9.17, 15) is 0 Å². The lowest BCUT2D eigenvalue weighted by Crippen LogP contribution is -2.14. The molecule has 0 aliphatic rings. The third-order valence-electron chi connectivity index (χ3n) is 2.46. The topological polar surface area (TPSA) is 26.0 Å². The molecule has 0 fully saturated rings. The van der Waals surface area contributed by atoms with Gasteiger partial charge in [-0.3, -0.25) is 0 Å². The molecule has 0 aromatic carbocycles. The summed E-state index contributed by atoms with van der Waals surface area (Å²) in [6, 6.07) is 0. The molecule has 0 spiro atoms. The molecule has 0 rings (SSSR count). The Bertz CT molecular complexity index is 106. The van der Waals surface area contributed by atoms with Crippen molar-refractivity contribution in [2.24, 2.45) is 17.1 Å². The Morgan fingerprint density at radius 1 is 1.17 bits per heavy atom. The van der Waals surface area contributed by atoms with Crippen molar-refractivity contribution in [2.45, 2.75) is 53.4 Å². The summed E-state index contributed by atoms with van der Waals surface area (Å²) in [5, 5.41) is 0. The maximum Gasteiger partial charge on any atom is -0.00771 e. The Morgan fingerprint density at radius 3 is 2.17 bits per heavy atom. The quantitative estimate of drug-likeness (QED) is 0.652. The van der Waals surface area contributed by atoms with E-state index in [0.29, 0.717) is 5.41 Å². The molecule has 2 N–H and O–H groups in total. The normalized spacial score (nSPS) is 12.5. The molecule has 0 saturated carbocycles. The third kappa shape index (κ3) is 6.66. The summed E-state index contributed by atoms with van der Waals surface area (Å²) in [6.07, 6.45) is 5.13. The van der Waals surface area contributed by atoms with Gasteiger partial charge in [0.15, 0.2) is 0 Å². The summed E-state index contributed by atoms with van der Waals surface area (Å²) in [6.45, 7) is 10.1. The summed E-state index contributed by atoms with van der Waals surface area (Å²) < 4.78 is 0. The molecular weight excluding hydrogens is 146 g/mol. The van der Waals surface area contributed by atoms with E-state index in [2.05, 4.69) is 27.7 Å². The molecule has 1 heteroatoms. The van der Waals surface area contributed by atoms with E-state index in [0.717, 1.165) is 12.5 Å². The maximum absolute atomic E-state index is 5.49. The van der Waals surface area contributed by atoms with E-state index in [1.54, 1.807) is 0 Å². The molecule has 0 atom stereocenters. The van der Waals surface area contributed by atoms with Crippen LogP contribution in [0.1, 0.15) is 53.4 Å². The van der Waals surface area contributed by atoms with Gasteiger partial charge in [0.05, 0.1) is 0 Å². The van der Waals surface area contributed by atoms with Gasteiger partial charge < -0.3 is 5.73 Å². The molecule has 0 aromatic heterocycles. The molecule has 12 heavy (non-hydrogen) atoms. The molecule has 0 heterocycles. The SMILES string of the molecule is CC(C)CCC(C)(C)CCCN. The fraction of sp³-hybridized carbons (Fsp3) is 1.00. The van der Waals surface area contributed by atoms with Gasteiger partial charge in [-0.25, -0.2) is 0 Å². The van der Waals surface area contributed by atoms with Crippen LogP contribution < -0.4 is 5.73 Å². The molecule has 74 valence electrons. The highest BCUT2D eigenvalue weighted by Crippen LogP contribution is 2.29. The predicted molar refractivity (Wildman–Crippen MR) is 56.1 cm³/mol. The summed E-state index contributed by atoms with van der Waals surface area (Å²) >= 11 is 0. The van der Waals surface area contributed by atoms with Crippen LogP contribution in [0.2, 0.25) is 0 Å². The van der Waals surface area contributed by atoms with Crippen LogP contribution in [-0.4, -0.2) is 6.54 Å². The van der Waals surface area contributed by atoms with Gasteiger partial charge in [0, 0.05) is 0 Å². The molecule has 1 nitrogen and oxygen atoms in total. The molecule has 0 aliphatic heterocycles. The van der Waals surface area contributed by atoms with Crippen molar-refractivity contribution >= 4 is 0 Å². The zero-order valence-corrected chi connectivity index (χ0v) is 9.19. The van der Waals surface area contributed by atoms with Crippen LogP contribution in [0, 0.1) is 11.3 Å². The fourth-order valence-electron chi connectivity index (χ4n) is 1.39. The van der Waals surface area contributed by atoms with Gasteiger partial charge in [-0.2, -0.15) is 0 Å². The zero-order valence-electron chi connectivity index (χ0n) is 9.19. The molecular formula is C11H25N. The first-order chi connectivity index (χ1) is 5.48. The van der Waals surface area contributed by atoms with Crippen molar-refractivity contribution in [1.29, 1.82) is 0 Å². The van der Waals surface area contributed by atoms with E-state index in [1.165, 1.54) is 25.7 Å². The number of hydrogen-bond acceptors (Lipinski definition) is 1. The maximum atomic E-state index is 5.49. The van der Waals surface area contributed by atoms with E-state index in [1.807, 2.05) is 0 Å². The number of hydrogen-bond donors (Lipinski definition) is 1. The monoisotopic (exact) mass is 171 g/mol. The van der Waals surface area contributed by atoms with Crippen LogP contribution in [0.3, 0.4) is 0 Å². The summed E-state index contributed by atoms with van der Waals surface area (Å²) in [5.74, 6) is 0.835. The minimum absolute atomic E-state index is 0.504. The van der Waals surface area contributed by atoms with Gasteiger partial charge >= 0.3 is 0 Å². The Balaban J connectivity index is 3.56. The van der Waals surface area contributed by atoms with E-state index in [4.69, 9.17) is 5.73 Å². The summed E-state index contributed by atoms with van der Waals surface area (Å²) in [5.41, 5.74) is 6.00. The lowest BCUT2D eigenvalue weighted by atomic mass is 9.81. The molecule has 0 aliphatic carbocycles. The largest absolute Gasteiger partial charge is 0.330 e. The van der Waals surface area contributed by atoms with Crippen LogP contribution in [0.15, 0.2) is 0 Å². The standard InChI is InChI=1S/C11H25N/c1-10(2)6-8-11(3,4)7-5-9-12/h10H,5-9,12H2,1-4H3. The lowest BCUT2D eigenvalue weighted by Gasteiger charge is -2.25. The number of nitrogens with two attached hydrogens (primary N) is 1. The number of rotatable bonds is 6. The van der Waals surface area contributed by atoms with Crippen molar-refractivity contribution in [3.8, 4) is 0 Å². The average Bonchev–Trinajstić information content (AvgIpc) is 1.98. The second-order valence-electron chi connectivity index (χ2n) is 4.99. The highest BCUT2D eigenvalue weighted by atomic mass is 14.5. The van der Waals surface area contributed by atoms with Gasteiger partial charge in [-0.05, 0) is 37.1 Å². The van der Waals surface area contributed by atoms with E-state index in [-0.39, 0.29) is 0 Å². The summed E-state index contributed by atoms with van der Waals surface area (Å²) in [7, 11) is 0. The van der Waals surface area contributed by atoms with Crippen LogP contribution in [0.5, 0.6) is 0 Å². The van der Waals surface area contributed by atoms with E-state index >= 15 is 0 Å². The molecule has 0 unspecified atom stereocenters. The van der Waals surface area contributed by atoms with Crippen molar-refractivity contribution in [3.63, 3.8) is 0 Å². The van der Waals surface area contributed by atoms with Crippen molar-refractivity contribution in [1.82, 2.24) is 0 Å². The Hall–Kier alpha value is -0.0400. The first-order valence-corrected chi connectivity index (χ1v) is 5.18. The molecule has 0 aromatic rings. The lowest BCUT2D eigenvalue weighted by molar-refractivity contribution is 0.276. The third-order valence-corrected chi connectivity index (χ3v) is 2.46. The van der Waals surface area contributed by atoms with Gasteiger partial charge in [-0.1, -0.05) is 34.1 Å². The van der Waals surface area contributed by atoms with Gasteiger partial charge in [0.2, 0.25) is 0 Å². The Kier molecular flexibility index (Phi) is 5.56. The van der Waals surface area contributed by atoms with Crippen LogP contribution >= 0.6 is 0 Å². The van der Waals surface area contributed by atoms with Crippen LogP contribution in [0.4, 0.5) is 0 Å². The van der Waals surface area contributed by atoms with Gasteiger partial charge in [-0.15, -0.1) is 0 Å². The Labute approximate surface area is 77.7 Å². The van der Waals surface area contributed by atoms with Gasteiger partial charge in [0.25, 0.3) is 0 Å². The molecule has 0 saturated heterocycles. The fourth-order valence-corrected chi connectivity index (χ4v) is 1.39. The minimum Gasteiger partial charge on any atom is -0.330 e. The van der Waals surface area contributed by atoms with Crippen LogP contribution in [-0.2, 0) is 0 Å². The average molecular weight is 171 g/mol. The molecule has 0 amide bonds. The first-order valence-electron chi connectivity index (χ1n) is 5.18. The minimum atomic E-state index is 0.504. The zero-order chi connectivity index (χ0) is 9.61. The highest BCUT2D eigenvalue weighted by molar-refractivity contribution is 4.69. The van der Waals surface area contributed by atoms with Crippen molar-refractivity contribution < 1.29 is 0 Å². The van der Waals surface area contributed by atoms with Crippen molar-refractivity contribution in [2.75, 3.05) is 6.54 Å². The van der Waals surface area contributed by atoms with Gasteiger partial charge in [0.1, 0.15) is 0 Å². The molecule has 0 bridgehead atoms. The smallest absolute Gasteiger partial charge is 0.00771 e. The second kappa shape index (κ2) is 5.58. The Morgan fingerprint density at radius 2 is 1.75 bits per heavy atom. The van der Waals surface area contributed by atoms with Crippen LogP contribution in [0.25, 0.3) is 0 Å². The molecule has 0 radical (unpaired) electrons. The predicted octanol–water partition coefficient (Wildman–Crippen LogP) is 3.19. The first kappa shape index (κ1) is 12.0. The second-order valence-corrected chi connectivity index (χ2v) is 4.99. The highest BCUT2D eigenvalue weighted by Gasteiger charge is 2.16. The van der Waals surface area contributed by atoms with E-state index < -0.39 is 0 Å².